The van der Waals surface area contributed by atoms with Crippen LogP contribution in [0.3, 0.4) is 0 Å². The number of carbonyl (C=O) groups is 1. The summed E-state index contributed by atoms with van der Waals surface area (Å²) in [4.78, 5) is 10.4. The third-order valence-electron chi connectivity index (χ3n) is 2.17. The van der Waals surface area contributed by atoms with Gasteiger partial charge >= 0.3 is 5.97 Å². The van der Waals surface area contributed by atoms with Gasteiger partial charge in [0.2, 0.25) is 0 Å². The van der Waals surface area contributed by atoms with Crippen molar-refractivity contribution in [3.8, 4) is 5.75 Å². The van der Waals surface area contributed by atoms with Crippen molar-refractivity contribution >= 4 is 21.9 Å². The van der Waals surface area contributed by atoms with Crippen molar-refractivity contribution in [2.24, 2.45) is 0 Å². The Bertz CT molecular complexity index is 378. The summed E-state index contributed by atoms with van der Waals surface area (Å²) >= 11 is 3.00. The molecule has 0 aliphatic carbocycles. The first-order chi connectivity index (χ1) is 6.93. The first kappa shape index (κ1) is 12.0. The number of aliphatic carboxylic acids is 1. The smallest absolute Gasteiger partial charge is 0.303 e. The fourth-order valence-corrected chi connectivity index (χ4v) is 1.73. The molecule has 0 unspecified atom stereocenters. The van der Waals surface area contributed by atoms with Crippen LogP contribution in [0.15, 0.2) is 10.5 Å². The van der Waals surface area contributed by atoms with Gasteiger partial charge in [-0.3, -0.25) is 4.79 Å². The Morgan fingerprint density at radius 2 is 2.20 bits per heavy atom. The number of halogens is 2. The minimum atomic E-state index is -0.978. The standard InChI is InChI=1S/C10H10BrFO3/c1-5-6(2-3-9(13)14)10(15)7(11)4-8(5)12/h4,15H,2-3H2,1H3,(H,13,14). The summed E-state index contributed by atoms with van der Waals surface area (Å²) in [5.74, 6) is -1.52. The highest BCUT2D eigenvalue weighted by Crippen LogP contribution is 2.32. The van der Waals surface area contributed by atoms with E-state index in [2.05, 4.69) is 15.9 Å². The van der Waals surface area contributed by atoms with Crippen molar-refractivity contribution in [2.75, 3.05) is 0 Å². The number of phenols is 1. The van der Waals surface area contributed by atoms with Crippen LogP contribution in [0.2, 0.25) is 0 Å². The van der Waals surface area contributed by atoms with Gasteiger partial charge < -0.3 is 10.2 Å². The molecule has 1 aromatic rings. The summed E-state index contributed by atoms with van der Waals surface area (Å²) in [6, 6.07) is 1.16. The monoisotopic (exact) mass is 276 g/mol. The molecule has 3 nitrogen and oxygen atoms in total. The number of aromatic hydroxyl groups is 1. The summed E-state index contributed by atoms with van der Waals surface area (Å²) < 4.78 is 13.5. The van der Waals surface area contributed by atoms with E-state index < -0.39 is 11.8 Å². The quantitative estimate of drug-likeness (QED) is 0.892. The molecule has 0 bridgehead atoms. The fraction of sp³-hybridized carbons (Fsp3) is 0.300. The summed E-state index contributed by atoms with van der Waals surface area (Å²) in [6.45, 7) is 1.51. The molecule has 5 heteroatoms. The molecule has 1 rings (SSSR count). The van der Waals surface area contributed by atoms with Crippen molar-refractivity contribution < 1.29 is 19.4 Å². The molecule has 0 fully saturated rings. The van der Waals surface area contributed by atoms with Crippen molar-refractivity contribution in [1.29, 1.82) is 0 Å². The fourth-order valence-electron chi connectivity index (χ4n) is 1.29. The lowest BCUT2D eigenvalue weighted by molar-refractivity contribution is -0.136. The molecule has 0 spiro atoms. The molecule has 0 saturated carbocycles. The van der Waals surface area contributed by atoms with E-state index in [-0.39, 0.29) is 28.6 Å². The molecule has 0 amide bonds. The topological polar surface area (TPSA) is 57.5 Å². The van der Waals surface area contributed by atoms with Crippen molar-refractivity contribution in [3.63, 3.8) is 0 Å². The molecular weight excluding hydrogens is 267 g/mol. The molecule has 2 N–H and O–H groups in total. The predicted octanol–water partition coefficient (Wildman–Crippen LogP) is 2.62. The lowest BCUT2D eigenvalue weighted by Crippen LogP contribution is -2.01. The Morgan fingerprint density at radius 3 is 2.73 bits per heavy atom. The van der Waals surface area contributed by atoms with E-state index in [1.165, 1.54) is 6.92 Å². The van der Waals surface area contributed by atoms with Gasteiger partial charge in [-0.05, 0) is 40.9 Å². The lowest BCUT2D eigenvalue weighted by atomic mass is 10.0. The molecule has 0 aliphatic heterocycles. The lowest BCUT2D eigenvalue weighted by Gasteiger charge is -2.09. The molecule has 0 atom stereocenters. The van der Waals surface area contributed by atoms with Gasteiger partial charge in [0.05, 0.1) is 4.47 Å². The average molecular weight is 277 g/mol. The highest BCUT2D eigenvalue weighted by molar-refractivity contribution is 9.10. The molecule has 0 aliphatic rings. The van der Waals surface area contributed by atoms with E-state index in [0.717, 1.165) is 6.07 Å². The molecule has 0 radical (unpaired) electrons. The number of carboxylic acids is 1. The maximum absolute atomic E-state index is 13.3. The highest BCUT2D eigenvalue weighted by Gasteiger charge is 2.14. The third-order valence-corrected chi connectivity index (χ3v) is 2.77. The Morgan fingerprint density at radius 1 is 1.60 bits per heavy atom. The summed E-state index contributed by atoms with van der Waals surface area (Å²) in [7, 11) is 0. The van der Waals surface area contributed by atoms with Crippen LogP contribution >= 0.6 is 15.9 Å². The van der Waals surface area contributed by atoms with Gasteiger partial charge in [-0.1, -0.05) is 0 Å². The molecule has 1 aromatic carbocycles. The molecular formula is C10H10BrFO3. The zero-order chi connectivity index (χ0) is 11.6. The zero-order valence-corrected chi connectivity index (χ0v) is 9.64. The number of benzene rings is 1. The maximum atomic E-state index is 13.3. The number of phenolic OH excluding ortho intramolecular Hbond substituents is 1. The Balaban J connectivity index is 3.09. The second-order valence-electron chi connectivity index (χ2n) is 3.19. The summed E-state index contributed by atoms with van der Waals surface area (Å²) in [6.07, 6.45) is -0.0202. The van der Waals surface area contributed by atoms with Gasteiger partial charge in [0, 0.05) is 12.0 Å². The first-order valence-electron chi connectivity index (χ1n) is 4.31. The van der Waals surface area contributed by atoms with E-state index in [1.54, 1.807) is 0 Å². The van der Waals surface area contributed by atoms with Gasteiger partial charge in [-0.25, -0.2) is 4.39 Å². The molecule has 0 aromatic heterocycles. The van der Waals surface area contributed by atoms with Crippen molar-refractivity contribution in [1.82, 2.24) is 0 Å². The molecule has 0 saturated heterocycles. The Kier molecular flexibility index (Phi) is 3.68. The second-order valence-corrected chi connectivity index (χ2v) is 4.04. The van der Waals surface area contributed by atoms with Crippen LogP contribution in [0.5, 0.6) is 5.75 Å². The van der Waals surface area contributed by atoms with E-state index in [0.29, 0.717) is 5.56 Å². The predicted molar refractivity (Wildman–Crippen MR) is 56.5 cm³/mol. The SMILES string of the molecule is Cc1c(F)cc(Br)c(O)c1CCC(=O)O. The van der Waals surface area contributed by atoms with Gasteiger partial charge in [0.1, 0.15) is 11.6 Å². The molecule has 15 heavy (non-hydrogen) atoms. The first-order valence-corrected chi connectivity index (χ1v) is 5.11. The zero-order valence-electron chi connectivity index (χ0n) is 8.05. The van der Waals surface area contributed by atoms with Crippen LogP contribution in [0.4, 0.5) is 4.39 Å². The van der Waals surface area contributed by atoms with Crippen LogP contribution < -0.4 is 0 Å². The van der Waals surface area contributed by atoms with Gasteiger partial charge in [-0.15, -0.1) is 0 Å². The largest absolute Gasteiger partial charge is 0.506 e. The van der Waals surface area contributed by atoms with Crippen LogP contribution in [0.1, 0.15) is 17.5 Å². The Labute approximate surface area is 94.7 Å². The van der Waals surface area contributed by atoms with E-state index in [4.69, 9.17) is 5.11 Å². The number of carboxylic acid groups (broad SMARTS) is 1. The number of hydrogen-bond acceptors (Lipinski definition) is 2. The number of rotatable bonds is 3. The van der Waals surface area contributed by atoms with E-state index >= 15 is 0 Å². The minimum absolute atomic E-state index is 0.0878. The summed E-state index contributed by atoms with van der Waals surface area (Å²) in [5.41, 5.74) is 0.626. The van der Waals surface area contributed by atoms with Crippen molar-refractivity contribution in [2.45, 2.75) is 19.8 Å². The average Bonchev–Trinajstić information content (AvgIpc) is 2.14. The van der Waals surface area contributed by atoms with Crippen LogP contribution in [-0.4, -0.2) is 16.2 Å². The summed E-state index contributed by atoms with van der Waals surface area (Å²) in [5, 5.41) is 18.1. The normalized spacial score (nSPS) is 10.3. The van der Waals surface area contributed by atoms with Crippen molar-refractivity contribution in [3.05, 3.63) is 27.5 Å². The minimum Gasteiger partial charge on any atom is -0.506 e. The van der Waals surface area contributed by atoms with Crippen LogP contribution in [0, 0.1) is 12.7 Å². The highest BCUT2D eigenvalue weighted by atomic mass is 79.9. The van der Waals surface area contributed by atoms with E-state index in [9.17, 15) is 14.3 Å². The Hall–Kier alpha value is -1.10. The third kappa shape index (κ3) is 2.68. The van der Waals surface area contributed by atoms with Crippen LogP contribution in [0.25, 0.3) is 0 Å². The van der Waals surface area contributed by atoms with Gasteiger partial charge in [-0.2, -0.15) is 0 Å². The molecule has 82 valence electrons. The maximum Gasteiger partial charge on any atom is 0.303 e. The number of hydrogen-bond donors (Lipinski definition) is 2. The molecule has 0 heterocycles. The van der Waals surface area contributed by atoms with Gasteiger partial charge in [0.15, 0.2) is 0 Å². The van der Waals surface area contributed by atoms with Crippen LogP contribution in [-0.2, 0) is 11.2 Å². The van der Waals surface area contributed by atoms with E-state index in [1.807, 2.05) is 0 Å². The van der Waals surface area contributed by atoms with Gasteiger partial charge in [0.25, 0.3) is 0 Å². The second kappa shape index (κ2) is 4.61.